The molecule has 0 aliphatic rings. The summed E-state index contributed by atoms with van der Waals surface area (Å²) in [6, 6.07) is 5.38. The van der Waals surface area contributed by atoms with Gasteiger partial charge < -0.3 is 4.74 Å². The second-order valence-electron chi connectivity index (χ2n) is 3.66. The minimum Gasteiger partial charge on any atom is -0.496 e. The molecule has 0 unspecified atom stereocenters. The fourth-order valence-electron chi connectivity index (χ4n) is 1.86. The monoisotopic (exact) mass is 252 g/mol. The van der Waals surface area contributed by atoms with Crippen molar-refractivity contribution in [2.75, 3.05) is 13.0 Å². The number of rotatable bonds is 3. The van der Waals surface area contributed by atoms with E-state index in [1.807, 2.05) is 6.07 Å². The second kappa shape index (κ2) is 4.75. The van der Waals surface area contributed by atoms with Gasteiger partial charge in [-0.1, -0.05) is 6.07 Å². The first-order chi connectivity index (χ1) is 8.19. The van der Waals surface area contributed by atoms with Crippen molar-refractivity contribution in [2.24, 2.45) is 0 Å². The third-order valence-electron chi connectivity index (χ3n) is 2.66. The van der Waals surface area contributed by atoms with Gasteiger partial charge in [-0.2, -0.15) is 0 Å². The van der Waals surface area contributed by atoms with E-state index in [9.17, 15) is 4.79 Å². The van der Waals surface area contributed by atoms with Gasteiger partial charge in [0.05, 0.1) is 12.6 Å². The summed E-state index contributed by atoms with van der Waals surface area (Å²) in [6.45, 7) is 2.25. The van der Waals surface area contributed by atoms with E-state index in [-0.39, 0.29) is 5.56 Å². The Kier molecular flexibility index (Phi) is 3.33. The van der Waals surface area contributed by atoms with E-state index in [0.717, 1.165) is 0 Å². The average Bonchev–Trinajstić information content (AvgIpc) is 2.33. The Bertz CT molecular complexity index is 607. The summed E-state index contributed by atoms with van der Waals surface area (Å²) in [4.78, 5) is 16.7. The highest BCUT2D eigenvalue weighted by Gasteiger charge is 2.11. The van der Waals surface area contributed by atoms with Crippen molar-refractivity contribution < 1.29 is 4.74 Å². The molecular weight excluding hydrogens is 240 g/mol. The molecule has 0 bridgehead atoms. The van der Waals surface area contributed by atoms with Crippen molar-refractivity contribution in [1.82, 2.24) is 9.55 Å². The van der Waals surface area contributed by atoms with Gasteiger partial charge >= 0.3 is 0 Å². The van der Waals surface area contributed by atoms with Crippen molar-refractivity contribution in [3.05, 3.63) is 34.4 Å². The van der Waals surface area contributed by atoms with Crippen LogP contribution in [0.1, 0.15) is 5.82 Å². The average molecular weight is 253 g/mol. The van der Waals surface area contributed by atoms with Crippen LogP contribution in [0.25, 0.3) is 10.9 Å². The van der Waals surface area contributed by atoms with Gasteiger partial charge in [0.25, 0.3) is 5.56 Å². The van der Waals surface area contributed by atoms with Gasteiger partial charge in [-0.3, -0.25) is 9.36 Å². The molecule has 2 aromatic rings. The van der Waals surface area contributed by atoms with Gasteiger partial charge in [-0.15, -0.1) is 11.6 Å². The van der Waals surface area contributed by atoms with Gasteiger partial charge in [0.2, 0.25) is 0 Å². The molecule has 90 valence electrons. The molecule has 1 aromatic heterocycles. The Morgan fingerprint density at radius 3 is 2.88 bits per heavy atom. The zero-order chi connectivity index (χ0) is 12.4. The van der Waals surface area contributed by atoms with Gasteiger partial charge in [0, 0.05) is 12.4 Å². The van der Waals surface area contributed by atoms with Crippen LogP contribution in [0, 0.1) is 6.92 Å². The number of hydrogen-bond donors (Lipinski definition) is 0. The molecule has 17 heavy (non-hydrogen) atoms. The molecule has 0 saturated carbocycles. The number of halogens is 1. The number of benzene rings is 1. The first kappa shape index (κ1) is 11.9. The quantitative estimate of drug-likeness (QED) is 0.785. The van der Waals surface area contributed by atoms with Crippen LogP contribution in [0.4, 0.5) is 0 Å². The van der Waals surface area contributed by atoms with Crippen molar-refractivity contribution in [3.63, 3.8) is 0 Å². The molecule has 0 spiro atoms. The lowest BCUT2D eigenvalue weighted by atomic mass is 10.2. The molecule has 0 fully saturated rings. The lowest BCUT2D eigenvalue weighted by Gasteiger charge is -2.10. The minimum absolute atomic E-state index is 0.106. The van der Waals surface area contributed by atoms with E-state index in [1.54, 1.807) is 30.7 Å². The fourth-order valence-corrected chi connectivity index (χ4v) is 2.03. The normalized spacial score (nSPS) is 10.8. The predicted molar refractivity (Wildman–Crippen MR) is 68.0 cm³/mol. The molecule has 0 radical (unpaired) electrons. The van der Waals surface area contributed by atoms with Crippen LogP contribution in [0.2, 0.25) is 0 Å². The lowest BCUT2D eigenvalue weighted by Crippen LogP contribution is -2.25. The summed E-state index contributed by atoms with van der Waals surface area (Å²) in [6.07, 6.45) is 0. The number of hydrogen-bond acceptors (Lipinski definition) is 3. The molecule has 2 rings (SSSR count). The van der Waals surface area contributed by atoms with Crippen molar-refractivity contribution >= 4 is 22.5 Å². The largest absolute Gasteiger partial charge is 0.496 e. The maximum absolute atomic E-state index is 12.3. The fraction of sp³-hybridized carbons (Fsp3) is 0.333. The number of fused-ring (bicyclic) bond motifs is 1. The van der Waals surface area contributed by atoms with Gasteiger partial charge in [-0.05, 0) is 19.1 Å². The molecule has 0 atom stereocenters. The van der Waals surface area contributed by atoms with E-state index in [4.69, 9.17) is 16.3 Å². The highest BCUT2D eigenvalue weighted by molar-refractivity contribution is 6.17. The standard InChI is InChI=1S/C12H13ClN2O2/c1-8-14-9-4-3-5-10(17-2)11(9)12(16)15(8)7-6-13/h3-5H,6-7H2,1-2H3. The topological polar surface area (TPSA) is 44.1 Å². The van der Waals surface area contributed by atoms with Crippen LogP contribution in [0.15, 0.2) is 23.0 Å². The molecule has 5 heteroatoms. The third-order valence-corrected chi connectivity index (χ3v) is 2.83. The lowest BCUT2D eigenvalue weighted by molar-refractivity contribution is 0.419. The van der Waals surface area contributed by atoms with E-state index in [0.29, 0.717) is 34.9 Å². The highest BCUT2D eigenvalue weighted by Crippen LogP contribution is 2.20. The molecule has 1 aromatic carbocycles. The summed E-state index contributed by atoms with van der Waals surface area (Å²) >= 11 is 5.69. The highest BCUT2D eigenvalue weighted by atomic mass is 35.5. The number of alkyl halides is 1. The second-order valence-corrected chi connectivity index (χ2v) is 4.04. The van der Waals surface area contributed by atoms with E-state index in [2.05, 4.69) is 4.98 Å². The summed E-state index contributed by atoms with van der Waals surface area (Å²) in [5, 5.41) is 0.505. The summed E-state index contributed by atoms with van der Waals surface area (Å²) in [5.41, 5.74) is 0.545. The molecule has 4 nitrogen and oxygen atoms in total. The van der Waals surface area contributed by atoms with E-state index >= 15 is 0 Å². The Morgan fingerprint density at radius 1 is 1.47 bits per heavy atom. The van der Waals surface area contributed by atoms with Crippen molar-refractivity contribution in [1.29, 1.82) is 0 Å². The van der Waals surface area contributed by atoms with Crippen LogP contribution in [-0.2, 0) is 6.54 Å². The zero-order valence-electron chi connectivity index (χ0n) is 9.74. The van der Waals surface area contributed by atoms with Crippen molar-refractivity contribution in [2.45, 2.75) is 13.5 Å². The molecule has 0 saturated heterocycles. The smallest absolute Gasteiger partial charge is 0.265 e. The van der Waals surface area contributed by atoms with Crippen molar-refractivity contribution in [3.8, 4) is 5.75 Å². The molecule has 1 heterocycles. The Morgan fingerprint density at radius 2 is 2.24 bits per heavy atom. The number of aromatic nitrogens is 2. The van der Waals surface area contributed by atoms with Crippen LogP contribution in [0.5, 0.6) is 5.75 Å². The molecular formula is C12H13ClN2O2. The molecule has 0 aliphatic carbocycles. The third kappa shape index (κ3) is 2.00. The summed E-state index contributed by atoms with van der Waals surface area (Å²) in [5.74, 6) is 1.59. The first-order valence-corrected chi connectivity index (χ1v) is 5.82. The summed E-state index contributed by atoms with van der Waals surface area (Å²) < 4.78 is 6.76. The maximum atomic E-state index is 12.3. The number of ether oxygens (including phenoxy) is 1. The minimum atomic E-state index is -0.106. The summed E-state index contributed by atoms with van der Waals surface area (Å²) in [7, 11) is 1.54. The molecule has 0 amide bonds. The molecule has 0 aliphatic heterocycles. The van der Waals surface area contributed by atoms with Crippen LogP contribution in [0.3, 0.4) is 0 Å². The van der Waals surface area contributed by atoms with Crippen LogP contribution in [-0.4, -0.2) is 22.5 Å². The van der Waals surface area contributed by atoms with E-state index in [1.165, 1.54) is 0 Å². The first-order valence-electron chi connectivity index (χ1n) is 5.29. The number of aryl methyl sites for hydroxylation is 1. The van der Waals surface area contributed by atoms with E-state index < -0.39 is 0 Å². The SMILES string of the molecule is COc1cccc2nc(C)n(CCCl)c(=O)c12. The molecule has 0 N–H and O–H groups in total. The Hall–Kier alpha value is -1.55. The van der Waals surface area contributed by atoms with Crippen LogP contribution >= 0.6 is 11.6 Å². The Labute approximate surface area is 104 Å². The number of methoxy groups -OCH3 is 1. The zero-order valence-corrected chi connectivity index (χ0v) is 10.5. The van der Waals surface area contributed by atoms with Gasteiger partial charge in [0.1, 0.15) is 17.0 Å². The van der Waals surface area contributed by atoms with Gasteiger partial charge in [0.15, 0.2) is 0 Å². The predicted octanol–water partition coefficient (Wildman–Crippen LogP) is 1.95. The van der Waals surface area contributed by atoms with Crippen LogP contribution < -0.4 is 10.3 Å². The maximum Gasteiger partial charge on any atom is 0.265 e. The number of nitrogens with zero attached hydrogens (tertiary/aromatic N) is 2. The Balaban J connectivity index is 2.84. The van der Waals surface area contributed by atoms with Gasteiger partial charge in [-0.25, -0.2) is 4.98 Å².